The van der Waals surface area contributed by atoms with Crippen molar-refractivity contribution >= 4 is 34.3 Å². The second kappa shape index (κ2) is 7.41. The van der Waals surface area contributed by atoms with Crippen molar-refractivity contribution in [3.05, 3.63) is 53.1 Å². The first-order valence-electron chi connectivity index (χ1n) is 8.68. The van der Waals surface area contributed by atoms with Gasteiger partial charge in [-0.25, -0.2) is 4.98 Å². The Bertz CT molecular complexity index is 1140. The zero-order chi connectivity index (χ0) is 19.7. The maximum absolute atomic E-state index is 12.3. The van der Waals surface area contributed by atoms with Gasteiger partial charge in [-0.15, -0.1) is 0 Å². The number of aromatic nitrogens is 1. The van der Waals surface area contributed by atoms with Crippen LogP contribution in [-0.2, 0) is 4.79 Å². The summed E-state index contributed by atoms with van der Waals surface area (Å²) in [5.41, 5.74) is 4.17. The molecule has 140 valence electrons. The van der Waals surface area contributed by atoms with E-state index in [1.165, 1.54) is 17.3 Å². The highest BCUT2D eigenvalue weighted by molar-refractivity contribution is 8.00. The Kier molecular flexibility index (Phi) is 4.80. The third-order valence-electron chi connectivity index (χ3n) is 4.53. The molecule has 0 spiro atoms. The van der Waals surface area contributed by atoms with E-state index >= 15 is 0 Å². The van der Waals surface area contributed by atoms with Crippen molar-refractivity contribution in [2.45, 2.75) is 18.9 Å². The Morgan fingerprint density at radius 3 is 2.71 bits per heavy atom. The molecular weight excluding hydrogens is 374 g/mol. The van der Waals surface area contributed by atoms with Gasteiger partial charge in [-0.1, -0.05) is 17.8 Å². The number of hydrogen-bond donors (Lipinski definition) is 1. The molecular formula is C21H17N3O3S. The first kappa shape index (κ1) is 18.1. The lowest BCUT2D eigenvalue weighted by Gasteiger charge is -2.09. The van der Waals surface area contributed by atoms with E-state index in [9.17, 15) is 10.1 Å². The topological polar surface area (TPSA) is 84.2 Å². The minimum absolute atomic E-state index is 0.148. The van der Waals surface area contributed by atoms with Crippen LogP contribution in [0.1, 0.15) is 16.7 Å². The van der Waals surface area contributed by atoms with Crippen LogP contribution in [0.3, 0.4) is 0 Å². The number of nitriles is 1. The van der Waals surface area contributed by atoms with Gasteiger partial charge < -0.3 is 14.8 Å². The largest absolute Gasteiger partial charge is 0.454 e. The number of carbonyl (C=O) groups excluding carboxylic acids is 1. The zero-order valence-electron chi connectivity index (χ0n) is 15.4. The molecule has 0 unspecified atom stereocenters. The van der Waals surface area contributed by atoms with Crippen LogP contribution in [-0.4, -0.2) is 23.4 Å². The Morgan fingerprint density at radius 2 is 1.96 bits per heavy atom. The van der Waals surface area contributed by atoms with Crippen LogP contribution in [0, 0.1) is 25.2 Å². The predicted molar refractivity (Wildman–Crippen MR) is 108 cm³/mol. The molecule has 0 saturated heterocycles. The average Bonchev–Trinajstić information content (AvgIpc) is 3.14. The molecule has 6 nitrogen and oxygen atoms in total. The van der Waals surface area contributed by atoms with E-state index in [1.54, 1.807) is 12.1 Å². The summed E-state index contributed by atoms with van der Waals surface area (Å²) in [6.07, 6.45) is 0. The van der Waals surface area contributed by atoms with Crippen molar-refractivity contribution < 1.29 is 14.3 Å². The number of aryl methyl sites for hydroxylation is 2. The number of pyridine rings is 1. The number of nitrogens with zero attached hydrogens (tertiary/aromatic N) is 2. The summed E-state index contributed by atoms with van der Waals surface area (Å²) in [6, 6.07) is 13.3. The Hall–Kier alpha value is -3.24. The normalized spacial score (nSPS) is 12.0. The summed E-state index contributed by atoms with van der Waals surface area (Å²) in [5, 5.41) is 13.7. The fraction of sp³-hybridized carbons (Fsp3) is 0.190. The van der Waals surface area contributed by atoms with Crippen molar-refractivity contribution in [3.8, 4) is 17.6 Å². The van der Waals surface area contributed by atoms with Crippen LogP contribution in [0.2, 0.25) is 0 Å². The molecule has 28 heavy (non-hydrogen) atoms. The molecule has 1 aliphatic heterocycles. The molecule has 0 radical (unpaired) electrons. The van der Waals surface area contributed by atoms with Gasteiger partial charge >= 0.3 is 0 Å². The number of benzene rings is 2. The van der Waals surface area contributed by atoms with Crippen molar-refractivity contribution in [1.82, 2.24) is 4.98 Å². The summed E-state index contributed by atoms with van der Waals surface area (Å²) >= 11 is 1.24. The van der Waals surface area contributed by atoms with E-state index in [0.29, 0.717) is 27.6 Å². The quantitative estimate of drug-likeness (QED) is 0.672. The minimum Gasteiger partial charge on any atom is -0.454 e. The highest BCUT2D eigenvalue weighted by Crippen LogP contribution is 2.37. The molecule has 0 aliphatic carbocycles. The predicted octanol–water partition coefficient (Wildman–Crippen LogP) is 4.18. The third-order valence-corrected chi connectivity index (χ3v) is 5.52. The standard InChI is InChI=1S/C21H17N3O3S/c1-12-3-4-16(5-13(12)2)23-20(25)10-28-21-15(9-22)6-14-7-18-19(27-11-26-18)8-17(14)24-21/h3-8H,10-11H2,1-2H3,(H,23,25). The van der Waals surface area contributed by atoms with Crippen molar-refractivity contribution in [2.24, 2.45) is 0 Å². The maximum atomic E-state index is 12.3. The second-order valence-corrected chi connectivity index (χ2v) is 7.45. The van der Waals surface area contributed by atoms with Crippen LogP contribution in [0.25, 0.3) is 10.9 Å². The molecule has 0 fully saturated rings. The number of rotatable bonds is 4. The van der Waals surface area contributed by atoms with Crippen LogP contribution in [0.4, 0.5) is 5.69 Å². The van der Waals surface area contributed by atoms with E-state index in [0.717, 1.165) is 16.6 Å². The molecule has 1 aliphatic rings. The monoisotopic (exact) mass is 391 g/mol. The second-order valence-electron chi connectivity index (χ2n) is 6.49. The van der Waals surface area contributed by atoms with E-state index in [2.05, 4.69) is 16.4 Å². The minimum atomic E-state index is -0.148. The Balaban J connectivity index is 1.52. The first-order valence-corrected chi connectivity index (χ1v) is 9.66. The molecule has 7 heteroatoms. The number of carbonyl (C=O) groups is 1. The van der Waals surface area contributed by atoms with Crippen molar-refractivity contribution in [2.75, 3.05) is 17.9 Å². The van der Waals surface area contributed by atoms with Crippen LogP contribution < -0.4 is 14.8 Å². The van der Waals surface area contributed by atoms with Gasteiger partial charge in [0, 0.05) is 17.1 Å². The van der Waals surface area contributed by atoms with Gasteiger partial charge in [0.25, 0.3) is 0 Å². The maximum Gasteiger partial charge on any atom is 0.234 e. The third kappa shape index (κ3) is 3.59. The number of thioether (sulfide) groups is 1. The van der Waals surface area contributed by atoms with E-state index < -0.39 is 0 Å². The van der Waals surface area contributed by atoms with Gasteiger partial charge in [-0.3, -0.25) is 4.79 Å². The lowest BCUT2D eigenvalue weighted by Crippen LogP contribution is -2.14. The molecule has 2 aromatic carbocycles. The molecule has 3 aromatic rings. The number of amides is 1. The highest BCUT2D eigenvalue weighted by atomic mass is 32.2. The first-order chi connectivity index (χ1) is 13.5. The molecule has 4 rings (SSSR count). The molecule has 1 N–H and O–H groups in total. The zero-order valence-corrected chi connectivity index (χ0v) is 16.2. The van der Waals surface area contributed by atoms with Gasteiger partial charge in [0.15, 0.2) is 11.5 Å². The summed E-state index contributed by atoms with van der Waals surface area (Å²) in [4.78, 5) is 16.9. The molecule has 0 saturated carbocycles. The van der Waals surface area contributed by atoms with Gasteiger partial charge in [0.1, 0.15) is 11.1 Å². The van der Waals surface area contributed by atoms with E-state index in [-0.39, 0.29) is 18.5 Å². The van der Waals surface area contributed by atoms with Gasteiger partial charge in [-0.2, -0.15) is 5.26 Å². The molecule has 2 heterocycles. The number of anilines is 1. The number of hydrogen-bond acceptors (Lipinski definition) is 6. The summed E-state index contributed by atoms with van der Waals surface area (Å²) in [7, 11) is 0. The molecule has 1 aromatic heterocycles. The molecule has 1 amide bonds. The lowest BCUT2D eigenvalue weighted by atomic mass is 10.1. The summed E-state index contributed by atoms with van der Waals surface area (Å²) < 4.78 is 10.8. The molecule has 0 bridgehead atoms. The van der Waals surface area contributed by atoms with Crippen LogP contribution >= 0.6 is 11.8 Å². The summed E-state index contributed by atoms with van der Waals surface area (Å²) in [6.45, 7) is 4.21. The Labute approximate surface area is 166 Å². The fourth-order valence-electron chi connectivity index (χ4n) is 2.89. The van der Waals surface area contributed by atoms with Gasteiger partial charge in [0.05, 0.1) is 16.8 Å². The molecule has 0 atom stereocenters. The van der Waals surface area contributed by atoms with Crippen LogP contribution in [0.5, 0.6) is 11.5 Å². The van der Waals surface area contributed by atoms with E-state index in [1.807, 2.05) is 38.1 Å². The van der Waals surface area contributed by atoms with Crippen molar-refractivity contribution in [3.63, 3.8) is 0 Å². The lowest BCUT2D eigenvalue weighted by molar-refractivity contribution is -0.113. The Morgan fingerprint density at radius 1 is 1.18 bits per heavy atom. The SMILES string of the molecule is Cc1ccc(NC(=O)CSc2nc3cc4c(cc3cc2C#N)OCO4)cc1C. The smallest absolute Gasteiger partial charge is 0.234 e. The average molecular weight is 391 g/mol. The summed E-state index contributed by atoms with van der Waals surface area (Å²) in [5.74, 6) is 1.29. The van der Waals surface area contributed by atoms with E-state index in [4.69, 9.17) is 9.47 Å². The van der Waals surface area contributed by atoms with Crippen LogP contribution in [0.15, 0.2) is 41.4 Å². The fourth-order valence-corrected chi connectivity index (χ4v) is 3.65. The number of nitrogens with one attached hydrogen (secondary N) is 1. The van der Waals surface area contributed by atoms with Gasteiger partial charge in [-0.05, 0) is 49.2 Å². The van der Waals surface area contributed by atoms with Crippen molar-refractivity contribution in [1.29, 1.82) is 5.26 Å². The number of ether oxygens (including phenoxy) is 2. The highest BCUT2D eigenvalue weighted by Gasteiger charge is 2.17. The number of fused-ring (bicyclic) bond motifs is 2. The van der Waals surface area contributed by atoms with Gasteiger partial charge in [0.2, 0.25) is 12.7 Å².